The van der Waals surface area contributed by atoms with Crippen molar-refractivity contribution in [1.29, 1.82) is 0 Å². The van der Waals surface area contributed by atoms with E-state index in [-0.39, 0.29) is 17.5 Å². The molecule has 1 aromatic heterocycles. The van der Waals surface area contributed by atoms with Gasteiger partial charge < -0.3 is 5.73 Å². The predicted molar refractivity (Wildman–Crippen MR) is 69.7 cm³/mol. The Morgan fingerprint density at radius 2 is 2.22 bits per heavy atom. The zero-order valence-corrected chi connectivity index (χ0v) is 11.4. The molecule has 0 spiro atoms. The minimum atomic E-state index is -2.88. The lowest BCUT2D eigenvalue weighted by molar-refractivity contribution is 0.212. The van der Waals surface area contributed by atoms with Crippen LogP contribution in [0.1, 0.15) is 18.4 Å². The van der Waals surface area contributed by atoms with E-state index in [1.54, 1.807) is 6.07 Å². The van der Waals surface area contributed by atoms with E-state index in [4.69, 9.17) is 5.73 Å². The first kappa shape index (κ1) is 13.2. The molecule has 0 bridgehead atoms. The van der Waals surface area contributed by atoms with Gasteiger partial charge in [0.2, 0.25) is 0 Å². The summed E-state index contributed by atoms with van der Waals surface area (Å²) in [5.74, 6) is 1.51. The lowest BCUT2D eigenvalue weighted by atomic mass is 10.3. The SMILES string of the molecule is Cc1cc(N)nc(CN2CCS(=O)(=O)CC2C)n1. The number of nitrogen functional groups attached to an aromatic ring is 1. The molecule has 18 heavy (non-hydrogen) atoms. The maximum atomic E-state index is 11.5. The second-order valence-corrected chi connectivity index (χ2v) is 7.01. The summed E-state index contributed by atoms with van der Waals surface area (Å²) in [7, 11) is -2.88. The Hall–Kier alpha value is -1.21. The Bertz CT molecular complexity index is 524. The van der Waals surface area contributed by atoms with Gasteiger partial charge in [-0.2, -0.15) is 0 Å². The van der Waals surface area contributed by atoms with Crippen molar-refractivity contribution in [3.05, 3.63) is 17.6 Å². The van der Waals surface area contributed by atoms with E-state index in [9.17, 15) is 8.42 Å². The summed E-state index contributed by atoms with van der Waals surface area (Å²) < 4.78 is 23.0. The van der Waals surface area contributed by atoms with Crippen LogP contribution in [0.5, 0.6) is 0 Å². The van der Waals surface area contributed by atoms with Gasteiger partial charge in [0.25, 0.3) is 0 Å². The van der Waals surface area contributed by atoms with Crippen LogP contribution >= 0.6 is 0 Å². The Morgan fingerprint density at radius 1 is 1.50 bits per heavy atom. The molecule has 100 valence electrons. The summed E-state index contributed by atoms with van der Waals surface area (Å²) in [5, 5.41) is 0. The number of rotatable bonds is 2. The highest BCUT2D eigenvalue weighted by atomic mass is 32.2. The van der Waals surface area contributed by atoms with Gasteiger partial charge in [-0.05, 0) is 13.8 Å². The molecule has 0 amide bonds. The van der Waals surface area contributed by atoms with Crippen LogP contribution < -0.4 is 5.73 Å². The van der Waals surface area contributed by atoms with Crippen molar-refractivity contribution in [1.82, 2.24) is 14.9 Å². The van der Waals surface area contributed by atoms with Crippen LogP contribution in [-0.2, 0) is 16.4 Å². The molecule has 1 atom stereocenters. The summed E-state index contributed by atoms with van der Waals surface area (Å²) in [6.07, 6.45) is 0. The molecule has 2 N–H and O–H groups in total. The van der Waals surface area contributed by atoms with Crippen LogP contribution in [0.25, 0.3) is 0 Å². The van der Waals surface area contributed by atoms with E-state index in [2.05, 4.69) is 14.9 Å². The van der Waals surface area contributed by atoms with Crippen molar-refractivity contribution in [3.8, 4) is 0 Å². The standard InChI is InChI=1S/C11H18N4O2S/c1-8-5-10(12)14-11(13-8)6-15-3-4-18(16,17)7-9(15)2/h5,9H,3-4,6-7H2,1-2H3,(H2,12,13,14). The molecule has 0 saturated carbocycles. The summed E-state index contributed by atoms with van der Waals surface area (Å²) in [4.78, 5) is 10.6. The number of nitrogens with two attached hydrogens (primary N) is 1. The molecular formula is C11H18N4O2S. The number of hydrogen-bond acceptors (Lipinski definition) is 6. The molecule has 2 rings (SSSR count). The number of anilines is 1. The van der Waals surface area contributed by atoms with Gasteiger partial charge >= 0.3 is 0 Å². The van der Waals surface area contributed by atoms with Gasteiger partial charge in [-0.3, -0.25) is 4.90 Å². The number of nitrogens with zero attached hydrogens (tertiary/aromatic N) is 3. The van der Waals surface area contributed by atoms with Gasteiger partial charge in [-0.1, -0.05) is 0 Å². The van der Waals surface area contributed by atoms with E-state index in [1.165, 1.54) is 0 Å². The normalized spacial score (nSPS) is 24.0. The van der Waals surface area contributed by atoms with E-state index in [0.29, 0.717) is 24.7 Å². The molecule has 1 aromatic rings. The van der Waals surface area contributed by atoms with Gasteiger partial charge in [0.05, 0.1) is 18.1 Å². The maximum absolute atomic E-state index is 11.5. The van der Waals surface area contributed by atoms with E-state index in [1.807, 2.05) is 13.8 Å². The van der Waals surface area contributed by atoms with Crippen LogP contribution in [0, 0.1) is 6.92 Å². The van der Waals surface area contributed by atoms with E-state index >= 15 is 0 Å². The monoisotopic (exact) mass is 270 g/mol. The third kappa shape index (κ3) is 3.17. The molecule has 1 aliphatic rings. The second kappa shape index (κ2) is 4.81. The van der Waals surface area contributed by atoms with Crippen molar-refractivity contribution < 1.29 is 8.42 Å². The molecule has 2 heterocycles. The molecule has 1 fully saturated rings. The largest absolute Gasteiger partial charge is 0.384 e. The van der Waals surface area contributed by atoms with Gasteiger partial charge in [0.15, 0.2) is 9.84 Å². The highest BCUT2D eigenvalue weighted by Gasteiger charge is 2.28. The molecule has 1 aliphatic heterocycles. The molecule has 7 heteroatoms. The quantitative estimate of drug-likeness (QED) is 0.813. The number of hydrogen-bond donors (Lipinski definition) is 1. The molecule has 0 aliphatic carbocycles. The van der Waals surface area contributed by atoms with Crippen LogP contribution in [0.3, 0.4) is 0 Å². The molecular weight excluding hydrogens is 252 g/mol. The van der Waals surface area contributed by atoms with Crippen LogP contribution in [0.4, 0.5) is 5.82 Å². The topological polar surface area (TPSA) is 89.2 Å². The Morgan fingerprint density at radius 3 is 2.83 bits per heavy atom. The van der Waals surface area contributed by atoms with Gasteiger partial charge in [-0.25, -0.2) is 18.4 Å². The first-order chi connectivity index (χ1) is 8.35. The summed E-state index contributed by atoms with van der Waals surface area (Å²) in [5.41, 5.74) is 6.51. The summed E-state index contributed by atoms with van der Waals surface area (Å²) in [6, 6.07) is 1.71. The smallest absolute Gasteiger partial charge is 0.153 e. The average molecular weight is 270 g/mol. The van der Waals surface area contributed by atoms with Crippen LogP contribution in [0.15, 0.2) is 6.07 Å². The van der Waals surface area contributed by atoms with Gasteiger partial charge in [0, 0.05) is 24.3 Å². The van der Waals surface area contributed by atoms with Crippen molar-refractivity contribution in [2.75, 3.05) is 23.8 Å². The van der Waals surface area contributed by atoms with Crippen LogP contribution in [0.2, 0.25) is 0 Å². The fourth-order valence-electron chi connectivity index (χ4n) is 2.18. The first-order valence-electron chi connectivity index (χ1n) is 5.90. The second-order valence-electron chi connectivity index (χ2n) is 4.78. The fraction of sp³-hybridized carbons (Fsp3) is 0.636. The molecule has 0 aromatic carbocycles. The molecule has 1 unspecified atom stereocenters. The number of sulfone groups is 1. The van der Waals surface area contributed by atoms with Crippen molar-refractivity contribution in [2.45, 2.75) is 26.4 Å². The Kier molecular flexibility index (Phi) is 3.54. The average Bonchev–Trinajstić information content (AvgIpc) is 2.20. The summed E-state index contributed by atoms with van der Waals surface area (Å²) in [6.45, 7) is 4.85. The van der Waals surface area contributed by atoms with Gasteiger partial charge in [0.1, 0.15) is 11.6 Å². The Balaban J connectivity index is 2.10. The van der Waals surface area contributed by atoms with Crippen molar-refractivity contribution >= 4 is 15.7 Å². The number of aromatic nitrogens is 2. The van der Waals surface area contributed by atoms with Gasteiger partial charge in [-0.15, -0.1) is 0 Å². The number of aryl methyl sites for hydroxylation is 1. The maximum Gasteiger partial charge on any atom is 0.153 e. The predicted octanol–water partition coefficient (Wildman–Crippen LogP) is -0.0139. The van der Waals surface area contributed by atoms with E-state index < -0.39 is 9.84 Å². The lowest BCUT2D eigenvalue weighted by Crippen LogP contribution is -2.46. The minimum absolute atomic E-state index is 0.00548. The molecule has 6 nitrogen and oxygen atoms in total. The summed E-state index contributed by atoms with van der Waals surface area (Å²) >= 11 is 0. The molecule has 0 radical (unpaired) electrons. The van der Waals surface area contributed by atoms with Crippen molar-refractivity contribution in [3.63, 3.8) is 0 Å². The van der Waals surface area contributed by atoms with E-state index in [0.717, 1.165) is 5.69 Å². The Labute approximate surface area is 107 Å². The third-order valence-corrected chi connectivity index (χ3v) is 4.87. The highest BCUT2D eigenvalue weighted by Crippen LogP contribution is 2.14. The third-order valence-electron chi connectivity index (χ3n) is 3.07. The fourth-order valence-corrected chi connectivity index (χ4v) is 3.80. The lowest BCUT2D eigenvalue weighted by Gasteiger charge is -2.32. The zero-order chi connectivity index (χ0) is 13.3. The highest BCUT2D eigenvalue weighted by molar-refractivity contribution is 7.91. The first-order valence-corrected chi connectivity index (χ1v) is 7.72. The van der Waals surface area contributed by atoms with Crippen LogP contribution in [-0.4, -0.2) is 47.4 Å². The minimum Gasteiger partial charge on any atom is -0.384 e. The molecule has 1 saturated heterocycles. The zero-order valence-electron chi connectivity index (χ0n) is 10.6. The van der Waals surface area contributed by atoms with Crippen molar-refractivity contribution in [2.24, 2.45) is 0 Å².